The van der Waals surface area contributed by atoms with Gasteiger partial charge in [0.1, 0.15) is 0 Å². The van der Waals surface area contributed by atoms with Gasteiger partial charge in [-0.25, -0.2) is 0 Å². The molecule has 3 rings (SSSR count). The second-order valence-corrected chi connectivity index (χ2v) is 8.19. The molecule has 1 aromatic carbocycles. The van der Waals surface area contributed by atoms with Crippen LogP contribution in [0.1, 0.15) is 55.5 Å². The highest BCUT2D eigenvalue weighted by atomic mass is 16.2. The van der Waals surface area contributed by atoms with E-state index >= 15 is 0 Å². The molecule has 5 heteroatoms. The van der Waals surface area contributed by atoms with Crippen molar-refractivity contribution in [3.8, 4) is 0 Å². The van der Waals surface area contributed by atoms with Gasteiger partial charge in [0.25, 0.3) is 5.91 Å². The lowest BCUT2D eigenvalue weighted by atomic mass is 9.94. The Morgan fingerprint density at radius 1 is 1.00 bits per heavy atom. The van der Waals surface area contributed by atoms with Gasteiger partial charge in [-0.05, 0) is 51.7 Å². The van der Waals surface area contributed by atoms with Crippen LogP contribution in [0, 0.1) is 12.8 Å². The number of nitrogens with zero attached hydrogens (tertiary/aromatic N) is 3. The van der Waals surface area contributed by atoms with Crippen molar-refractivity contribution in [2.24, 2.45) is 5.92 Å². The number of likely N-dealkylation sites (N-methyl/N-ethyl adjacent to an activating group) is 1. The highest BCUT2D eigenvalue weighted by molar-refractivity contribution is 5.94. The molecule has 0 aromatic heterocycles. The third-order valence-corrected chi connectivity index (χ3v) is 6.47. The summed E-state index contributed by atoms with van der Waals surface area (Å²) in [5, 5.41) is 0. The van der Waals surface area contributed by atoms with Gasteiger partial charge in [0.15, 0.2) is 0 Å². The average Bonchev–Trinajstić information content (AvgIpc) is 3.24. The molecule has 1 saturated heterocycles. The fraction of sp³-hybridized carbons (Fsp3) is 0.652. The zero-order valence-electron chi connectivity index (χ0n) is 17.7. The first kappa shape index (κ1) is 20.8. The molecule has 1 aliphatic heterocycles. The normalized spacial score (nSPS) is 19.6. The predicted molar refractivity (Wildman–Crippen MR) is 112 cm³/mol. The van der Waals surface area contributed by atoms with Crippen LogP contribution in [-0.4, -0.2) is 71.8 Å². The van der Waals surface area contributed by atoms with Crippen LogP contribution in [0.3, 0.4) is 0 Å². The Morgan fingerprint density at radius 2 is 1.57 bits per heavy atom. The second kappa shape index (κ2) is 9.55. The van der Waals surface area contributed by atoms with Crippen molar-refractivity contribution in [1.29, 1.82) is 0 Å². The Labute approximate surface area is 169 Å². The minimum absolute atomic E-state index is 0.0148. The van der Waals surface area contributed by atoms with Gasteiger partial charge in [-0.15, -0.1) is 0 Å². The molecule has 1 atom stereocenters. The number of piperazine rings is 1. The molecule has 0 bridgehead atoms. The first-order valence-electron chi connectivity index (χ1n) is 10.9. The maximum absolute atomic E-state index is 13.3. The lowest BCUT2D eigenvalue weighted by molar-refractivity contribution is -0.139. The third-order valence-electron chi connectivity index (χ3n) is 6.47. The van der Waals surface area contributed by atoms with Crippen LogP contribution in [-0.2, 0) is 4.79 Å². The van der Waals surface area contributed by atoms with E-state index < -0.39 is 0 Å². The van der Waals surface area contributed by atoms with Crippen LogP contribution in [0.5, 0.6) is 0 Å². The van der Waals surface area contributed by atoms with Gasteiger partial charge < -0.3 is 9.80 Å². The molecule has 0 spiro atoms. The van der Waals surface area contributed by atoms with E-state index in [-0.39, 0.29) is 17.9 Å². The maximum Gasteiger partial charge on any atom is 0.253 e. The molecule has 2 amide bonds. The summed E-state index contributed by atoms with van der Waals surface area (Å²) in [6.07, 6.45) is 4.78. The Hall–Kier alpha value is -1.88. The van der Waals surface area contributed by atoms with E-state index in [9.17, 15) is 9.59 Å². The predicted octanol–water partition coefficient (Wildman–Crippen LogP) is 3.18. The van der Waals surface area contributed by atoms with Crippen LogP contribution >= 0.6 is 0 Å². The Kier molecular flexibility index (Phi) is 7.11. The molecule has 2 fully saturated rings. The van der Waals surface area contributed by atoms with Crippen molar-refractivity contribution >= 4 is 11.8 Å². The molecule has 0 N–H and O–H groups in total. The third kappa shape index (κ3) is 4.57. The summed E-state index contributed by atoms with van der Waals surface area (Å²) in [4.78, 5) is 32.3. The summed E-state index contributed by atoms with van der Waals surface area (Å²) in [6, 6.07) is 7.79. The van der Waals surface area contributed by atoms with Crippen molar-refractivity contribution in [1.82, 2.24) is 14.7 Å². The number of carbonyl (C=O) groups excluding carboxylic acids is 2. The monoisotopic (exact) mass is 385 g/mol. The number of benzene rings is 1. The van der Waals surface area contributed by atoms with E-state index in [1.165, 1.54) is 12.8 Å². The van der Waals surface area contributed by atoms with Gasteiger partial charge in [-0.2, -0.15) is 0 Å². The maximum atomic E-state index is 13.3. The number of rotatable bonds is 6. The molecule has 0 radical (unpaired) electrons. The van der Waals surface area contributed by atoms with Crippen LogP contribution in [0.4, 0.5) is 0 Å². The molecular formula is C23H35N3O2. The SMILES string of the molecule is CCN(CC)C(=O)C(C1CCCC1)N1CCN(C(=O)c2ccc(C)cc2)CC1. The second-order valence-electron chi connectivity index (χ2n) is 8.19. The van der Waals surface area contributed by atoms with E-state index in [4.69, 9.17) is 0 Å². The highest BCUT2D eigenvalue weighted by Gasteiger charge is 2.38. The summed E-state index contributed by atoms with van der Waals surface area (Å²) < 4.78 is 0. The summed E-state index contributed by atoms with van der Waals surface area (Å²) in [7, 11) is 0. The molecule has 1 unspecified atom stereocenters. The highest BCUT2D eigenvalue weighted by Crippen LogP contribution is 2.32. The van der Waals surface area contributed by atoms with Crippen LogP contribution in [0.25, 0.3) is 0 Å². The first-order valence-corrected chi connectivity index (χ1v) is 10.9. The molecule has 28 heavy (non-hydrogen) atoms. The Balaban J connectivity index is 1.66. The molecule has 1 aromatic rings. The van der Waals surface area contributed by atoms with E-state index in [1.807, 2.05) is 41.0 Å². The van der Waals surface area contributed by atoms with Gasteiger partial charge in [-0.1, -0.05) is 30.5 Å². The van der Waals surface area contributed by atoms with E-state index in [0.717, 1.165) is 50.1 Å². The van der Waals surface area contributed by atoms with Gasteiger partial charge >= 0.3 is 0 Å². The quantitative estimate of drug-likeness (QED) is 0.755. The number of carbonyl (C=O) groups is 2. The summed E-state index contributed by atoms with van der Waals surface area (Å²) >= 11 is 0. The largest absolute Gasteiger partial charge is 0.342 e. The number of hydrogen-bond donors (Lipinski definition) is 0. The molecule has 1 heterocycles. The Bertz CT molecular complexity index is 655. The minimum atomic E-state index is -0.0148. The number of hydrogen-bond acceptors (Lipinski definition) is 3. The van der Waals surface area contributed by atoms with Crippen molar-refractivity contribution in [2.45, 2.75) is 52.5 Å². The van der Waals surface area contributed by atoms with Gasteiger partial charge in [0.2, 0.25) is 5.91 Å². The van der Waals surface area contributed by atoms with Crippen molar-refractivity contribution in [2.75, 3.05) is 39.3 Å². The Morgan fingerprint density at radius 3 is 2.11 bits per heavy atom. The molecule has 154 valence electrons. The molecule has 1 saturated carbocycles. The molecule has 5 nitrogen and oxygen atoms in total. The summed E-state index contributed by atoms with van der Waals surface area (Å²) in [5.41, 5.74) is 1.92. The van der Waals surface area contributed by atoms with E-state index in [1.54, 1.807) is 0 Å². The lowest BCUT2D eigenvalue weighted by Crippen LogP contribution is -2.58. The van der Waals surface area contributed by atoms with E-state index in [0.29, 0.717) is 19.0 Å². The number of amides is 2. The lowest BCUT2D eigenvalue weighted by Gasteiger charge is -2.42. The summed E-state index contributed by atoms with van der Waals surface area (Å²) in [5.74, 6) is 0.856. The number of aryl methyl sites for hydroxylation is 1. The molecule has 2 aliphatic rings. The molecule has 1 aliphatic carbocycles. The van der Waals surface area contributed by atoms with Crippen LogP contribution < -0.4 is 0 Å². The van der Waals surface area contributed by atoms with Gasteiger partial charge in [0.05, 0.1) is 6.04 Å². The smallest absolute Gasteiger partial charge is 0.253 e. The van der Waals surface area contributed by atoms with Gasteiger partial charge in [0, 0.05) is 44.8 Å². The van der Waals surface area contributed by atoms with Crippen LogP contribution in [0.15, 0.2) is 24.3 Å². The minimum Gasteiger partial charge on any atom is -0.342 e. The zero-order chi connectivity index (χ0) is 20.1. The fourth-order valence-electron chi connectivity index (χ4n) is 4.73. The van der Waals surface area contributed by atoms with Crippen molar-refractivity contribution in [3.05, 3.63) is 35.4 Å². The average molecular weight is 386 g/mol. The van der Waals surface area contributed by atoms with Crippen molar-refractivity contribution < 1.29 is 9.59 Å². The zero-order valence-corrected chi connectivity index (χ0v) is 17.7. The van der Waals surface area contributed by atoms with Gasteiger partial charge in [-0.3, -0.25) is 14.5 Å². The summed E-state index contributed by atoms with van der Waals surface area (Å²) in [6.45, 7) is 10.6. The van der Waals surface area contributed by atoms with Crippen molar-refractivity contribution in [3.63, 3.8) is 0 Å². The van der Waals surface area contributed by atoms with E-state index in [2.05, 4.69) is 18.7 Å². The standard InChI is InChI=1S/C23H35N3O2/c1-4-24(5-2)23(28)21(19-8-6-7-9-19)25-14-16-26(17-15-25)22(27)20-12-10-18(3)11-13-20/h10-13,19,21H,4-9,14-17H2,1-3H3. The topological polar surface area (TPSA) is 43.9 Å². The fourth-order valence-corrected chi connectivity index (χ4v) is 4.73. The van der Waals surface area contributed by atoms with Crippen LogP contribution in [0.2, 0.25) is 0 Å². The first-order chi connectivity index (χ1) is 13.5. The molecular weight excluding hydrogens is 350 g/mol.